The van der Waals surface area contributed by atoms with Gasteiger partial charge in [0.25, 0.3) is 0 Å². The van der Waals surface area contributed by atoms with Crippen LogP contribution in [0.3, 0.4) is 0 Å². The van der Waals surface area contributed by atoms with E-state index in [1.807, 2.05) is 42.5 Å². The average molecular weight is 312 g/mol. The van der Waals surface area contributed by atoms with Crippen molar-refractivity contribution >= 4 is 28.1 Å². The van der Waals surface area contributed by atoms with Gasteiger partial charge in [-0.05, 0) is 35.0 Å². The number of hydrogen-bond acceptors (Lipinski definition) is 2. The molecule has 3 rings (SSSR count). The third-order valence-corrected chi connectivity index (χ3v) is 3.41. The fraction of sp³-hybridized carbons (Fsp3) is 0.0556. The second-order valence-corrected chi connectivity index (χ2v) is 5.09. The number of benzene rings is 3. The van der Waals surface area contributed by atoms with Crippen LogP contribution in [0.25, 0.3) is 10.8 Å². The van der Waals surface area contributed by atoms with Crippen LogP contribution in [-0.4, -0.2) is 12.5 Å². The summed E-state index contributed by atoms with van der Waals surface area (Å²) in [6.45, 7) is -0.0187. The Balaban J connectivity index is 1.63. The molecule has 116 valence electrons. The van der Waals surface area contributed by atoms with Gasteiger partial charge in [-0.15, -0.1) is 0 Å². The smallest absolute Gasteiger partial charge is 0.243 e. The summed E-state index contributed by atoms with van der Waals surface area (Å²) in [5.74, 6) is -1.90. The summed E-state index contributed by atoms with van der Waals surface area (Å²) in [4.78, 5) is 11.9. The summed E-state index contributed by atoms with van der Waals surface area (Å²) in [5.41, 5.74) is 0.745. The van der Waals surface area contributed by atoms with Gasteiger partial charge in [-0.1, -0.05) is 30.3 Å². The first-order valence-corrected chi connectivity index (χ1v) is 7.09. The molecule has 3 aromatic rings. The highest BCUT2D eigenvalue weighted by molar-refractivity contribution is 5.94. The van der Waals surface area contributed by atoms with E-state index in [0.717, 1.165) is 28.6 Å². The third-order valence-electron chi connectivity index (χ3n) is 3.41. The van der Waals surface area contributed by atoms with Gasteiger partial charge < -0.3 is 10.6 Å². The molecule has 0 bridgehead atoms. The fourth-order valence-corrected chi connectivity index (χ4v) is 2.27. The molecule has 5 heteroatoms. The van der Waals surface area contributed by atoms with E-state index in [1.54, 1.807) is 0 Å². The van der Waals surface area contributed by atoms with Gasteiger partial charge >= 0.3 is 0 Å². The molecule has 0 unspecified atom stereocenters. The molecule has 1 amide bonds. The highest BCUT2D eigenvalue weighted by Crippen LogP contribution is 2.19. The van der Waals surface area contributed by atoms with Gasteiger partial charge in [0, 0.05) is 11.8 Å². The Morgan fingerprint density at radius 3 is 2.48 bits per heavy atom. The number of hydrogen-bond donors (Lipinski definition) is 2. The second kappa shape index (κ2) is 6.44. The number of carbonyl (C=O) groups excluding carboxylic acids is 1. The summed E-state index contributed by atoms with van der Waals surface area (Å²) in [5, 5.41) is 7.55. The minimum atomic E-state index is -0.802. The number of halogens is 2. The molecular weight excluding hydrogens is 298 g/mol. The number of rotatable bonds is 4. The van der Waals surface area contributed by atoms with E-state index in [9.17, 15) is 13.6 Å². The zero-order chi connectivity index (χ0) is 16.2. The number of fused-ring (bicyclic) bond motifs is 1. The standard InChI is InChI=1S/C18H14F2N2O/c19-14-6-8-17(16(20)10-14)22-18(23)11-21-15-7-5-12-3-1-2-4-13(12)9-15/h1-10,21H,11H2,(H,22,23). The number of amides is 1. The maximum atomic E-state index is 13.5. The van der Waals surface area contributed by atoms with Crippen LogP contribution in [0, 0.1) is 11.6 Å². The Kier molecular flexibility index (Phi) is 4.19. The molecule has 0 atom stereocenters. The molecule has 0 heterocycles. The monoisotopic (exact) mass is 312 g/mol. The van der Waals surface area contributed by atoms with Crippen molar-refractivity contribution in [1.82, 2.24) is 0 Å². The SMILES string of the molecule is O=C(CNc1ccc2ccccc2c1)Nc1ccc(F)cc1F. The average Bonchev–Trinajstić information content (AvgIpc) is 2.55. The van der Waals surface area contributed by atoms with Gasteiger partial charge in [0.05, 0.1) is 12.2 Å². The Morgan fingerprint density at radius 2 is 1.70 bits per heavy atom. The van der Waals surface area contributed by atoms with Crippen LogP contribution >= 0.6 is 0 Å². The second-order valence-electron chi connectivity index (χ2n) is 5.09. The largest absolute Gasteiger partial charge is 0.376 e. The van der Waals surface area contributed by atoms with Crippen molar-refractivity contribution in [2.75, 3.05) is 17.2 Å². The molecule has 2 N–H and O–H groups in total. The third kappa shape index (κ3) is 3.63. The molecular formula is C18H14F2N2O. The quantitative estimate of drug-likeness (QED) is 0.759. The van der Waals surface area contributed by atoms with Crippen molar-refractivity contribution < 1.29 is 13.6 Å². The van der Waals surface area contributed by atoms with Crippen LogP contribution in [0.4, 0.5) is 20.2 Å². The molecule has 0 aliphatic heterocycles. The summed E-state index contributed by atoms with van der Waals surface area (Å²) < 4.78 is 26.3. The minimum Gasteiger partial charge on any atom is -0.376 e. The molecule has 3 aromatic carbocycles. The molecule has 0 aliphatic rings. The lowest BCUT2D eigenvalue weighted by Crippen LogP contribution is -2.22. The summed E-state index contributed by atoms with van der Waals surface area (Å²) in [6.07, 6.45) is 0. The predicted octanol–water partition coefficient (Wildman–Crippen LogP) is 4.17. The van der Waals surface area contributed by atoms with Gasteiger partial charge in [0.15, 0.2) is 0 Å². The van der Waals surface area contributed by atoms with E-state index < -0.39 is 17.5 Å². The highest BCUT2D eigenvalue weighted by atomic mass is 19.1. The van der Waals surface area contributed by atoms with Crippen molar-refractivity contribution in [1.29, 1.82) is 0 Å². The van der Waals surface area contributed by atoms with Gasteiger partial charge in [-0.3, -0.25) is 4.79 Å². The topological polar surface area (TPSA) is 41.1 Å². The molecule has 3 nitrogen and oxygen atoms in total. The highest BCUT2D eigenvalue weighted by Gasteiger charge is 2.08. The lowest BCUT2D eigenvalue weighted by Gasteiger charge is -2.09. The lowest BCUT2D eigenvalue weighted by molar-refractivity contribution is -0.114. The van der Waals surface area contributed by atoms with E-state index in [2.05, 4.69) is 10.6 Å². The van der Waals surface area contributed by atoms with E-state index in [-0.39, 0.29) is 12.2 Å². The molecule has 0 saturated heterocycles. The summed E-state index contributed by atoms with van der Waals surface area (Å²) in [6, 6.07) is 16.7. The van der Waals surface area contributed by atoms with Crippen LogP contribution in [0.5, 0.6) is 0 Å². The maximum absolute atomic E-state index is 13.5. The Bertz CT molecular complexity index is 865. The van der Waals surface area contributed by atoms with Crippen molar-refractivity contribution in [3.8, 4) is 0 Å². The number of nitrogens with one attached hydrogen (secondary N) is 2. The van der Waals surface area contributed by atoms with Crippen LogP contribution in [0.15, 0.2) is 60.7 Å². The predicted molar refractivity (Wildman–Crippen MR) is 87.4 cm³/mol. The Morgan fingerprint density at radius 1 is 0.913 bits per heavy atom. The van der Waals surface area contributed by atoms with Crippen molar-refractivity contribution in [3.63, 3.8) is 0 Å². The molecule has 0 aliphatic carbocycles. The van der Waals surface area contributed by atoms with E-state index in [4.69, 9.17) is 0 Å². The maximum Gasteiger partial charge on any atom is 0.243 e. The fourth-order valence-electron chi connectivity index (χ4n) is 2.27. The zero-order valence-corrected chi connectivity index (χ0v) is 12.1. The molecule has 23 heavy (non-hydrogen) atoms. The van der Waals surface area contributed by atoms with Crippen molar-refractivity contribution in [2.24, 2.45) is 0 Å². The molecule has 0 saturated carbocycles. The molecule has 0 spiro atoms. The first kappa shape index (κ1) is 15.0. The Hall–Kier alpha value is -2.95. The van der Waals surface area contributed by atoms with E-state index in [0.29, 0.717) is 0 Å². The van der Waals surface area contributed by atoms with Gasteiger partial charge in [0.1, 0.15) is 11.6 Å². The minimum absolute atomic E-state index is 0.0187. The molecule has 0 aromatic heterocycles. The summed E-state index contributed by atoms with van der Waals surface area (Å²) in [7, 11) is 0. The lowest BCUT2D eigenvalue weighted by atomic mass is 10.1. The van der Waals surface area contributed by atoms with Crippen LogP contribution in [0.1, 0.15) is 0 Å². The van der Waals surface area contributed by atoms with Crippen LogP contribution in [-0.2, 0) is 4.79 Å². The zero-order valence-electron chi connectivity index (χ0n) is 12.1. The Labute approximate surface area is 131 Å². The van der Waals surface area contributed by atoms with Gasteiger partial charge in [0.2, 0.25) is 5.91 Å². The number of anilines is 2. The van der Waals surface area contributed by atoms with Gasteiger partial charge in [-0.25, -0.2) is 8.78 Å². The van der Waals surface area contributed by atoms with E-state index in [1.165, 1.54) is 6.07 Å². The summed E-state index contributed by atoms with van der Waals surface area (Å²) >= 11 is 0. The van der Waals surface area contributed by atoms with Crippen LogP contribution in [0.2, 0.25) is 0 Å². The molecule has 0 fully saturated rings. The van der Waals surface area contributed by atoms with E-state index >= 15 is 0 Å². The first-order valence-electron chi connectivity index (χ1n) is 7.09. The number of carbonyl (C=O) groups is 1. The van der Waals surface area contributed by atoms with Gasteiger partial charge in [-0.2, -0.15) is 0 Å². The molecule has 0 radical (unpaired) electrons. The normalized spacial score (nSPS) is 10.5. The van der Waals surface area contributed by atoms with Crippen molar-refractivity contribution in [2.45, 2.75) is 0 Å². The van der Waals surface area contributed by atoms with Crippen LogP contribution < -0.4 is 10.6 Å². The first-order chi connectivity index (χ1) is 11.1. The van der Waals surface area contributed by atoms with Crippen molar-refractivity contribution in [3.05, 3.63) is 72.3 Å².